The van der Waals surface area contributed by atoms with E-state index in [0.29, 0.717) is 17.7 Å². The van der Waals surface area contributed by atoms with Crippen LogP contribution in [0.1, 0.15) is 31.2 Å². The van der Waals surface area contributed by atoms with Gasteiger partial charge in [-0.2, -0.15) is 0 Å². The monoisotopic (exact) mass is 283 g/mol. The van der Waals surface area contributed by atoms with Crippen LogP contribution in [-0.4, -0.2) is 17.8 Å². The van der Waals surface area contributed by atoms with E-state index in [1.807, 2.05) is 0 Å². The van der Waals surface area contributed by atoms with E-state index in [9.17, 15) is 9.18 Å². The smallest absolute Gasteiger partial charge is 0.224 e. The van der Waals surface area contributed by atoms with Crippen molar-refractivity contribution in [2.75, 3.05) is 6.54 Å². The van der Waals surface area contributed by atoms with Gasteiger partial charge in [0.15, 0.2) is 0 Å². The van der Waals surface area contributed by atoms with Crippen molar-refractivity contribution in [3.05, 3.63) is 35.6 Å². The van der Waals surface area contributed by atoms with E-state index in [2.05, 4.69) is 5.32 Å². The van der Waals surface area contributed by atoms with Gasteiger partial charge in [-0.15, -0.1) is 11.6 Å². The van der Waals surface area contributed by atoms with Crippen molar-refractivity contribution in [1.29, 1.82) is 0 Å². The SMILES string of the molecule is O=C(Cc1ccc(F)cc1)NCC1CCC(Cl)CC1. The van der Waals surface area contributed by atoms with Gasteiger partial charge in [-0.1, -0.05) is 12.1 Å². The van der Waals surface area contributed by atoms with Gasteiger partial charge in [0.25, 0.3) is 0 Å². The molecule has 19 heavy (non-hydrogen) atoms. The maximum absolute atomic E-state index is 12.7. The molecule has 1 fully saturated rings. The van der Waals surface area contributed by atoms with Crippen molar-refractivity contribution in [2.45, 2.75) is 37.5 Å². The number of hydrogen-bond donors (Lipinski definition) is 1. The fraction of sp³-hybridized carbons (Fsp3) is 0.533. The molecule has 1 aliphatic carbocycles. The molecule has 0 aliphatic heterocycles. The molecular weight excluding hydrogens is 265 g/mol. The maximum Gasteiger partial charge on any atom is 0.224 e. The third-order valence-electron chi connectivity index (χ3n) is 3.64. The van der Waals surface area contributed by atoms with E-state index >= 15 is 0 Å². The molecule has 0 saturated heterocycles. The maximum atomic E-state index is 12.7. The summed E-state index contributed by atoms with van der Waals surface area (Å²) in [6.07, 6.45) is 4.57. The number of alkyl halides is 1. The molecule has 0 unspecified atom stereocenters. The van der Waals surface area contributed by atoms with Gasteiger partial charge >= 0.3 is 0 Å². The minimum atomic E-state index is -0.276. The van der Waals surface area contributed by atoms with E-state index < -0.39 is 0 Å². The number of halogens is 2. The minimum Gasteiger partial charge on any atom is -0.356 e. The van der Waals surface area contributed by atoms with Crippen molar-refractivity contribution >= 4 is 17.5 Å². The Kier molecular flexibility index (Phi) is 5.20. The Hall–Kier alpha value is -1.09. The minimum absolute atomic E-state index is 0.000366. The first kappa shape index (κ1) is 14.3. The van der Waals surface area contributed by atoms with E-state index in [1.165, 1.54) is 12.1 Å². The van der Waals surface area contributed by atoms with Crippen molar-refractivity contribution in [3.8, 4) is 0 Å². The van der Waals surface area contributed by atoms with Gasteiger partial charge in [0.2, 0.25) is 5.91 Å². The van der Waals surface area contributed by atoms with Crippen LogP contribution >= 0.6 is 11.6 Å². The summed E-state index contributed by atoms with van der Waals surface area (Å²) in [7, 11) is 0. The van der Waals surface area contributed by atoms with Gasteiger partial charge in [-0.05, 0) is 49.3 Å². The second-order valence-electron chi connectivity index (χ2n) is 5.23. The summed E-state index contributed by atoms with van der Waals surface area (Å²) in [6, 6.07) is 6.05. The molecule has 1 amide bonds. The van der Waals surface area contributed by atoms with Crippen LogP contribution in [0.5, 0.6) is 0 Å². The van der Waals surface area contributed by atoms with Crippen LogP contribution in [0.25, 0.3) is 0 Å². The molecular formula is C15H19ClFNO. The molecule has 0 bridgehead atoms. The highest BCUT2D eigenvalue weighted by Crippen LogP contribution is 2.26. The molecule has 1 aromatic rings. The fourth-order valence-electron chi connectivity index (χ4n) is 2.43. The number of carbonyl (C=O) groups is 1. The van der Waals surface area contributed by atoms with Crippen LogP contribution in [0.3, 0.4) is 0 Å². The Labute approximate surface area is 118 Å². The molecule has 1 aliphatic rings. The first-order valence-electron chi connectivity index (χ1n) is 6.78. The summed E-state index contributed by atoms with van der Waals surface area (Å²) in [5.41, 5.74) is 0.836. The van der Waals surface area contributed by atoms with Gasteiger partial charge in [0, 0.05) is 11.9 Å². The number of nitrogens with one attached hydrogen (secondary N) is 1. The van der Waals surface area contributed by atoms with Crippen molar-refractivity contribution in [3.63, 3.8) is 0 Å². The van der Waals surface area contributed by atoms with Gasteiger partial charge in [0.05, 0.1) is 6.42 Å². The highest BCUT2D eigenvalue weighted by molar-refractivity contribution is 6.20. The topological polar surface area (TPSA) is 29.1 Å². The first-order valence-corrected chi connectivity index (χ1v) is 7.22. The van der Waals surface area contributed by atoms with Crippen LogP contribution < -0.4 is 5.32 Å². The van der Waals surface area contributed by atoms with Crippen molar-refractivity contribution in [2.24, 2.45) is 5.92 Å². The molecule has 2 nitrogen and oxygen atoms in total. The standard InChI is InChI=1S/C15H19ClFNO/c16-13-5-1-12(2-6-13)10-18-15(19)9-11-3-7-14(17)8-4-11/h3-4,7-8,12-13H,1-2,5-6,9-10H2,(H,18,19). The Morgan fingerprint density at radius 1 is 1.21 bits per heavy atom. The second-order valence-corrected chi connectivity index (χ2v) is 5.84. The third-order valence-corrected chi connectivity index (χ3v) is 4.08. The zero-order chi connectivity index (χ0) is 13.7. The molecule has 0 aromatic heterocycles. The van der Waals surface area contributed by atoms with Gasteiger partial charge in [0.1, 0.15) is 5.82 Å². The average molecular weight is 284 g/mol. The van der Waals surface area contributed by atoms with Crippen molar-refractivity contribution in [1.82, 2.24) is 5.32 Å². The van der Waals surface area contributed by atoms with Crippen LogP contribution in [0.15, 0.2) is 24.3 Å². The number of amides is 1. The summed E-state index contributed by atoms with van der Waals surface area (Å²) >= 11 is 6.05. The normalized spacial score (nSPS) is 23.1. The van der Waals surface area contributed by atoms with Gasteiger partial charge in [-0.3, -0.25) is 4.79 Å². The summed E-state index contributed by atoms with van der Waals surface area (Å²) in [4.78, 5) is 11.8. The Bertz CT molecular complexity index is 413. The summed E-state index contributed by atoms with van der Waals surface area (Å²) in [5.74, 6) is 0.272. The van der Waals surface area contributed by atoms with Crippen LogP contribution in [0.4, 0.5) is 4.39 Å². The van der Waals surface area contributed by atoms with Crippen LogP contribution in [0, 0.1) is 11.7 Å². The highest BCUT2D eigenvalue weighted by Gasteiger charge is 2.19. The zero-order valence-electron chi connectivity index (χ0n) is 10.9. The molecule has 1 saturated carbocycles. The molecule has 1 N–H and O–H groups in total. The van der Waals surface area contributed by atoms with Gasteiger partial charge < -0.3 is 5.32 Å². The summed E-state index contributed by atoms with van der Waals surface area (Å²) in [6.45, 7) is 0.726. The lowest BCUT2D eigenvalue weighted by Gasteiger charge is -2.25. The zero-order valence-corrected chi connectivity index (χ0v) is 11.6. The molecule has 0 spiro atoms. The van der Waals surface area contributed by atoms with Gasteiger partial charge in [-0.25, -0.2) is 4.39 Å². The third kappa shape index (κ3) is 4.83. The molecule has 2 rings (SSSR count). The van der Waals surface area contributed by atoms with Crippen LogP contribution in [0.2, 0.25) is 0 Å². The lowest BCUT2D eigenvalue weighted by molar-refractivity contribution is -0.120. The van der Waals surface area contributed by atoms with E-state index in [-0.39, 0.29) is 11.7 Å². The average Bonchev–Trinajstić information content (AvgIpc) is 2.41. The number of rotatable bonds is 4. The molecule has 0 atom stereocenters. The Morgan fingerprint density at radius 2 is 1.84 bits per heavy atom. The second kappa shape index (κ2) is 6.90. The predicted molar refractivity (Wildman–Crippen MR) is 74.7 cm³/mol. The fourth-order valence-corrected chi connectivity index (χ4v) is 2.69. The molecule has 1 aromatic carbocycles. The van der Waals surface area contributed by atoms with E-state index in [0.717, 1.165) is 37.8 Å². The quantitative estimate of drug-likeness (QED) is 0.844. The summed E-state index contributed by atoms with van der Waals surface area (Å²) in [5, 5.41) is 3.27. The van der Waals surface area contributed by atoms with E-state index in [4.69, 9.17) is 11.6 Å². The Morgan fingerprint density at radius 3 is 2.47 bits per heavy atom. The predicted octanol–water partition coefficient (Wildman–Crippen LogP) is 3.28. The molecule has 0 heterocycles. The lowest BCUT2D eigenvalue weighted by Crippen LogP contribution is -2.32. The highest BCUT2D eigenvalue weighted by atomic mass is 35.5. The van der Waals surface area contributed by atoms with Crippen molar-refractivity contribution < 1.29 is 9.18 Å². The number of benzene rings is 1. The molecule has 0 radical (unpaired) electrons. The lowest BCUT2D eigenvalue weighted by atomic mass is 9.89. The van der Waals surface area contributed by atoms with E-state index in [1.54, 1.807) is 12.1 Å². The summed E-state index contributed by atoms with van der Waals surface area (Å²) < 4.78 is 12.7. The number of hydrogen-bond acceptors (Lipinski definition) is 1. The van der Waals surface area contributed by atoms with Crippen LogP contribution in [-0.2, 0) is 11.2 Å². The first-order chi connectivity index (χ1) is 9.13. The Balaban J connectivity index is 1.71. The molecule has 104 valence electrons. The molecule has 4 heteroatoms. The largest absolute Gasteiger partial charge is 0.356 e. The number of carbonyl (C=O) groups excluding carboxylic acids is 1.